The van der Waals surface area contributed by atoms with E-state index in [1.165, 1.54) is 19.2 Å². The number of hydrogen-bond acceptors (Lipinski definition) is 29. The Morgan fingerprint density at radius 2 is 1.26 bits per heavy atom. The summed E-state index contributed by atoms with van der Waals surface area (Å²) in [5.41, 5.74) is 3.75. The van der Waals surface area contributed by atoms with Crippen LogP contribution in [0.5, 0.6) is 11.5 Å². The summed E-state index contributed by atoms with van der Waals surface area (Å²) in [7, 11) is -17.4. The van der Waals surface area contributed by atoms with Gasteiger partial charge in [0.15, 0.2) is 37.7 Å². The predicted octanol–water partition coefficient (Wildman–Crippen LogP) is 5.44. The number of fused-ring (bicyclic) bond motifs is 1. The molecule has 0 saturated carbocycles. The largest absolute Gasteiger partial charge is 0.505 e. The molecular formula is C27H27N5O23S7. The predicted molar refractivity (Wildman–Crippen MR) is 209 cm³/mol. The van der Waals surface area contributed by atoms with Gasteiger partial charge in [-0.05, 0) is 53.9 Å². The third-order valence-electron chi connectivity index (χ3n) is 7.34. The highest BCUT2D eigenvalue weighted by Crippen LogP contribution is 2.50. The molecule has 0 spiro atoms. The van der Waals surface area contributed by atoms with Crippen molar-refractivity contribution in [3.05, 3.63) is 48.5 Å². The van der Waals surface area contributed by atoms with Crippen molar-refractivity contribution in [2.45, 2.75) is 24.5 Å². The minimum atomic E-state index is -5.24. The molecule has 0 bridgehead atoms. The van der Waals surface area contributed by atoms with Crippen molar-refractivity contribution in [1.29, 1.82) is 0 Å². The monoisotopic (exact) mass is 1010 g/mol. The zero-order valence-corrected chi connectivity index (χ0v) is 36.0. The minimum Gasteiger partial charge on any atom is -0.505 e. The van der Waals surface area contributed by atoms with Crippen LogP contribution in [0.4, 0.5) is 28.4 Å². The number of sulfone groups is 2. The zero-order valence-electron chi connectivity index (χ0n) is 30.3. The lowest BCUT2D eigenvalue weighted by molar-refractivity contribution is -0.434. The molecule has 0 unspecified atom stereocenters. The lowest BCUT2D eigenvalue weighted by Crippen LogP contribution is -2.15. The average molecular weight is 1010 g/mol. The number of nitrogens with zero attached hydrogens (tertiary/aromatic N) is 4. The summed E-state index contributed by atoms with van der Waals surface area (Å²) >= 11 is 0.513. The Labute approximate surface area is 361 Å². The molecule has 0 heterocycles. The summed E-state index contributed by atoms with van der Waals surface area (Å²) in [4.78, 5) is -2.37. The third kappa shape index (κ3) is 13.5. The van der Waals surface area contributed by atoms with Gasteiger partial charge in [0.2, 0.25) is 0 Å². The molecule has 8 N–H and O–H groups in total. The van der Waals surface area contributed by atoms with Gasteiger partial charge in [-0.3, -0.25) is 13.3 Å². The number of benzene rings is 4. The highest BCUT2D eigenvalue weighted by molar-refractivity contribution is 7.95. The Bertz CT molecular complexity index is 2780. The topological polar surface area (TPSA) is 416 Å². The molecule has 4 rings (SSSR count). The summed E-state index contributed by atoms with van der Waals surface area (Å²) in [5.74, 6) is -2.46. The molecule has 28 nitrogen and oxygen atoms in total. The Morgan fingerprint density at radius 3 is 1.87 bits per heavy atom. The van der Waals surface area contributed by atoms with Crippen LogP contribution in [-0.2, 0) is 76.7 Å². The van der Waals surface area contributed by atoms with Crippen molar-refractivity contribution in [2.75, 3.05) is 37.6 Å². The quantitative estimate of drug-likeness (QED) is 0.00873. The number of phenolic OH excluding ortho intramolecular Hbond substituents is 1. The van der Waals surface area contributed by atoms with Gasteiger partial charge in [0.05, 0.1) is 86.6 Å². The molecule has 340 valence electrons. The number of methoxy groups -OCH3 is 1. The van der Waals surface area contributed by atoms with Gasteiger partial charge in [0, 0.05) is 0 Å². The highest BCUT2D eigenvalue weighted by Gasteiger charge is 2.27. The van der Waals surface area contributed by atoms with E-state index in [1.807, 2.05) is 0 Å². The van der Waals surface area contributed by atoms with E-state index in [9.17, 15) is 43.3 Å². The minimum absolute atomic E-state index is 0.0253. The van der Waals surface area contributed by atoms with E-state index in [2.05, 4.69) is 52.8 Å². The average Bonchev–Trinajstić information content (AvgIpc) is 3.20. The molecule has 0 aliphatic rings. The van der Waals surface area contributed by atoms with Crippen LogP contribution in [0.2, 0.25) is 0 Å². The smallest absolute Gasteiger partial charge is 0.397 e. The molecule has 35 heteroatoms. The van der Waals surface area contributed by atoms with Gasteiger partial charge in [-0.1, -0.05) is 15.1 Å². The normalized spacial score (nSPS) is 12.9. The van der Waals surface area contributed by atoms with E-state index in [1.54, 1.807) is 0 Å². The second-order valence-electron chi connectivity index (χ2n) is 11.0. The first-order chi connectivity index (χ1) is 29.2. The van der Waals surface area contributed by atoms with E-state index >= 15 is 0 Å². The maximum atomic E-state index is 13.0. The van der Waals surface area contributed by atoms with Gasteiger partial charge < -0.3 is 15.6 Å². The lowest BCUT2D eigenvalue weighted by atomic mass is 10.1. The van der Waals surface area contributed by atoms with Crippen LogP contribution < -0.4 is 10.5 Å². The summed E-state index contributed by atoms with van der Waals surface area (Å²) < 4.78 is 144. The molecule has 0 atom stereocenters. The van der Waals surface area contributed by atoms with Crippen molar-refractivity contribution in [2.24, 2.45) is 20.5 Å². The first-order valence-electron chi connectivity index (χ1n) is 15.6. The molecular weight excluding hydrogens is 987 g/mol. The number of nitrogen functional groups attached to an aromatic ring is 1. The maximum absolute atomic E-state index is 13.0. The number of hydrogen-bond donors (Lipinski definition) is 7. The molecule has 0 aromatic heterocycles. The van der Waals surface area contributed by atoms with Crippen LogP contribution in [0.1, 0.15) is 0 Å². The summed E-state index contributed by atoms with van der Waals surface area (Å²) in [6.45, 7) is -1.41. The third-order valence-corrected chi connectivity index (χ3v) is 13.7. The molecule has 0 aliphatic heterocycles. The fourth-order valence-electron chi connectivity index (χ4n) is 4.76. The number of nitrogens with two attached hydrogens (primary N) is 1. The van der Waals surface area contributed by atoms with Gasteiger partial charge in [-0.2, -0.15) is 16.8 Å². The van der Waals surface area contributed by atoms with E-state index in [0.717, 1.165) is 36.4 Å². The SMILES string of the molecule is COc1ccc(S(=O)(=O)CCOSOOO)cc1N=Nc1c(SOOO)cc2cc(S(=O)(=O)O)c(N=Nc3ccc(S(=O)(=O)CCOS(=O)(=O)O)cc3SOOO)c(N)c2c1O. The molecule has 0 radical (unpaired) electrons. The molecule has 4 aromatic rings. The Kier molecular flexibility index (Phi) is 18.1. The van der Waals surface area contributed by atoms with Crippen LogP contribution in [0.15, 0.2) is 93.5 Å². The van der Waals surface area contributed by atoms with Gasteiger partial charge in [-0.25, -0.2) is 36.8 Å². The van der Waals surface area contributed by atoms with Gasteiger partial charge in [0.25, 0.3) is 10.1 Å². The van der Waals surface area contributed by atoms with Crippen LogP contribution in [0, 0.1) is 0 Å². The van der Waals surface area contributed by atoms with Crippen LogP contribution >= 0.6 is 36.4 Å². The van der Waals surface area contributed by atoms with Crippen molar-refractivity contribution in [1.82, 2.24) is 0 Å². The van der Waals surface area contributed by atoms with E-state index in [4.69, 9.17) is 35.0 Å². The van der Waals surface area contributed by atoms with Crippen molar-refractivity contribution in [3.8, 4) is 11.5 Å². The second-order valence-corrected chi connectivity index (χ2v) is 19.7. The maximum Gasteiger partial charge on any atom is 0.397 e. The first kappa shape index (κ1) is 50.7. The van der Waals surface area contributed by atoms with Gasteiger partial charge in [0.1, 0.15) is 33.4 Å². The van der Waals surface area contributed by atoms with E-state index in [0.29, 0.717) is 0 Å². The molecule has 0 aliphatic carbocycles. The number of aromatic hydroxyl groups is 1. The van der Waals surface area contributed by atoms with Crippen molar-refractivity contribution in [3.63, 3.8) is 0 Å². The standard InChI is InChI=1S/C27H27N5O23S7/c1-47-19-5-3-15(59(37,38)8-6-48-58-55-52-36)12-18(19)30-31-25-21(57-54-51-35)10-14-11-22(61(41,42)43)26(24(28)23(14)27(25)33)32-29-17-4-2-16(13-20(17)56-53-50-34)60(39,40)9-7-49-62(44,45)46/h2-5,10-13,33-36H,6-9,28H2,1H3,(H,41,42,43)(H,44,45,46). The van der Waals surface area contributed by atoms with E-state index < -0.39 is 103 Å². The number of anilines is 1. The summed E-state index contributed by atoms with van der Waals surface area (Å²) in [5, 5.41) is 62.8. The first-order valence-corrected chi connectivity index (χ1v) is 23.8. The number of azo groups is 2. The fourth-order valence-corrected chi connectivity index (χ4v) is 9.41. The fraction of sp³-hybridized carbons (Fsp3) is 0.185. The van der Waals surface area contributed by atoms with E-state index in [-0.39, 0.29) is 73.6 Å². The van der Waals surface area contributed by atoms with Crippen molar-refractivity contribution < 1.29 is 105 Å². The zero-order chi connectivity index (χ0) is 45.9. The molecule has 0 saturated heterocycles. The van der Waals surface area contributed by atoms with Gasteiger partial charge >= 0.3 is 10.4 Å². The summed E-state index contributed by atoms with van der Waals surface area (Å²) in [6.07, 6.45) is 0. The molecule has 0 fully saturated rings. The van der Waals surface area contributed by atoms with Crippen LogP contribution in [0.25, 0.3) is 10.8 Å². The summed E-state index contributed by atoms with van der Waals surface area (Å²) in [6, 6.07) is 8.13. The molecule has 62 heavy (non-hydrogen) atoms. The Morgan fingerprint density at radius 1 is 0.677 bits per heavy atom. The number of ether oxygens (including phenoxy) is 1. The molecule has 4 aromatic carbocycles. The van der Waals surface area contributed by atoms with Crippen molar-refractivity contribution >= 4 is 116 Å². The molecule has 0 amide bonds. The highest BCUT2D eigenvalue weighted by atomic mass is 32.3. The Hall–Kier alpha value is -3.93. The Balaban J connectivity index is 1.86. The lowest BCUT2D eigenvalue weighted by Gasteiger charge is -2.14. The van der Waals surface area contributed by atoms with Crippen LogP contribution in [0.3, 0.4) is 0 Å². The number of rotatable bonds is 24. The van der Waals surface area contributed by atoms with Crippen LogP contribution in [-0.4, -0.2) is 95.5 Å². The van der Waals surface area contributed by atoms with Gasteiger partial charge in [-0.15, -0.1) is 33.5 Å². The number of phenols is 1. The second kappa shape index (κ2) is 22.1.